The van der Waals surface area contributed by atoms with Crippen LogP contribution in [0, 0.1) is 17.5 Å². The van der Waals surface area contributed by atoms with Gasteiger partial charge in [-0.25, -0.2) is 13.2 Å². The molecule has 0 aliphatic heterocycles. The first-order valence-electron chi connectivity index (χ1n) is 5.20. The van der Waals surface area contributed by atoms with Gasteiger partial charge in [0.05, 0.1) is 10.1 Å². The number of halogens is 4. The quantitative estimate of drug-likeness (QED) is 0.340. The number of rotatable bonds is 0. The minimum absolute atomic E-state index is 0.251. The van der Waals surface area contributed by atoms with Crippen LogP contribution in [0.5, 0.6) is 0 Å². The summed E-state index contributed by atoms with van der Waals surface area (Å²) in [6.07, 6.45) is 0. The van der Waals surface area contributed by atoms with Crippen molar-refractivity contribution in [3.63, 3.8) is 0 Å². The highest BCUT2D eigenvalue weighted by atomic mass is 35.5. The number of benzene rings is 2. The van der Waals surface area contributed by atoms with E-state index in [1.807, 2.05) is 0 Å². The summed E-state index contributed by atoms with van der Waals surface area (Å²) in [6, 6.07) is 6.36. The Morgan fingerprint density at radius 3 is 2.42 bits per heavy atom. The summed E-state index contributed by atoms with van der Waals surface area (Å²) in [6.45, 7) is 0. The maximum absolute atomic E-state index is 13.9. The van der Waals surface area contributed by atoms with E-state index in [-0.39, 0.29) is 10.1 Å². The van der Waals surface area contributed by atoms with Crippen LogP contribution in [0.3, 0.4) is 0 Å². The van der Waals surface area contributed by atoms with Crippen molar-refractivity contribution in [2.24, 2.45) is 0 Å². The largest absolute Gasteiger partial charge is 0.288 e. The van der Waals surface area contributed by atoms with E-state index in [0.29, 0.717) is 4.70 Å². The minimum atomic E-state index is -1.47. The molecule has 0 aliphatic carbocycles. The zero-order valence-corrected chi connectivity index (χ0v) is 10.7. The van der Waals surface area contributed by atoms with Gasteiger partial charge in [-0.3, -0.25) is 4.79 Å². The first-order valence-corrected chi connectivity index (χ1v) is 6.39. The van der Waals surface area contributed by atoms with Crippen molar-refractivity contribution in [3.8, 4) is 0 Å². The highest BCUT2D eigenvalue weighted by molar-refractivity contribution is 7.24. The third kappa shape index (κ3) is 1.65. The van der Waals surface area contributed by atoms with E-state index in [9.17, 15) is 18.0 Å². The number of hydrogen-bond donors (Lipinski definition) is 0. The Balaban J connectivity index is 2.71. The van der Waals surface area contributed by atoms with E-state index in [1.165, 1.54) is 6.07 Å². The Morgan fingerprint density at radius 2 is 1.68 bits per heavy atom. The zero-order chi connectivity index (χ0) is 13.7. The molecule has 0 N–H and O–H groups in total. The maximum atomic E-state index is 13.9. The van der Waals surface area contributed by atoms with Gasteiger partial charge in [-0.2, -0.15) is 0 Å². The normalized spacial score (nSPS) is 11.4. The van der Waals surface area contributed by atoms with E-state index in [2.05, 4.69) is 0 Å². The highest BCUT2D eigenvalue weighted by Crippen LogP contribution is 2.33. The van der Waals surface area contributed by atoms with Gasteiger partial charge in [0.1, 0.15) is 5.02 Å². The Morgan fingerprint density at radius 1 is 1.00 bits per heavy atom. The fourth-order valence-electron chi connectivity index (χ4n) is 1.90. The Bertz CT molecular complexity index is 889. The molecule has 0 unspecified atom stereocenters. The molecule has 0 aliphatic rings. The summed E-state index contributed by atoms with van der Waals surface area (Å²) in [5.74, 6) is -3.99. The molecule has 0 bridgehead atoms. The standard InChI is InChI=1S/C13H4ClF3OS/c14-8-9(15)7-12(18)5-3-1-2-4-6(5)19-13(7)11(17)10(8)16/h1-4H. The summed E-state index contributed by atoms with van der Waals surface area (Å²) in [7, 11) is 0. The van der Waals surface area contributed by atoms with Crippen LogP contribution in [0.1, 0.15) is 0 Å². The lowest BCUT2D eigenvalue weighted by atomic mass is 10.1. The van der Waals surface area contributed by atoms with Gasteiger partial charge in [-0.1, -0.05) is 23.7 Å². The molecule has 3 aromatic rings. The molecule has 0 saturated carbocycles. The van der Waals surface area contributed by atoms with Crippen molar-refractivity contribution in [3.05, 3.63) is 57.0 Å². The molecule has 0 fully saturated rings. The molecule has 6 heteroatoms. The fraction of sp³-hybridized carbons (Fsp3) is 0. The molecule has 1 aromatic heterocycles. The molecule has 2 aromatic carbocycles. The molecule has 1 nitrogen and oxygen atoms in total. The predicted molar refractivity (Wildman–Crippen MR) is 70.5 cm³/mol. The summed E-state index contributed by atoms with van der Waals surface area (Å²) >= 11 is 6.18. The second-order valence-electron chi connectivity index (χ2n) is 3.89. The lowest BCUT2D eigenvalue weighted by molar-refractivity contribution is 0.507. The first-order chi connectivity index (χ1) is 9.02. The second kappa shape index (κ2) is 4.21. The second-order valence-corrected chi connectivity index (χ2v) is 5.32. The van der Waals surface area contributed by atoms with E-state index in [1.54, 1.807) is 18.2 Å². The smallest absolute Gasteiger partial charge is 0.198 e. The monoisotopic (exact) mass is 300 g/mol. The number of hydrogen-bond acceptors (Lipinski definition) is 2. The van der Waals surface area contributed by atoms with E-state index in [0.717, 1.165) is 11.3 Å². The van der Waals surface area contributed by atoms with Crippen LogP contribution in [-0.2, 0) is 0 Å². The molecule has 96 valence electrons. The topological polar surface area (TPSA) is 17.1 Å². The molecule has 3 rings (SSSR count). The van der Waals surface area contributed by atoms with Crippen LogP contribution in [0.25, 0.3) is 20.2 Å². The van der Waals surface area contributed by atoms with Gasteiger partial charge < -0.3 is 0 Å². The lowest BCUT2D eigenvalue weighted by Gasteiger charge is -2.05. The SMILES string of the molecule is O=c1c2ccccc2sc2c(F)c(F)c(Cl)c(F)c12. The Labute approximate surface area is 113 Å². The summed E-state index contributed by atoms with van der Waals surface area (Å²) in [4.78, 5) is 12.1. The maximum Gasteiger partial charge on any atom is 0.198 e. The van der Waals surface area contributed by atoms with Gasteiger partial charge in [0.15, 0.2) is 22.9 Å². The van der Waals surface area contributed by atoms with Crippen molar-refractivity contribution < 1.29 is 13.2 Å². The van der Waals surface area contributed by atoms with Crippen LogP contribution in [0.15, 0.2) is 29.1 Å². The Hall–Kier alpha value is -1.59. The lowest BCUT2D eigenvalue weighted by Crippen LogP contribution is -2.06. The third-order valence-electron chi connectivity index (χ3n) is 2.79. The first kappa shape index (κ1) is 12.4. The zero-order valence-electron chi connectivity index (χ0n) is 9.14. The Kier molecular flexibility index (Phi) is 2.76. The molecule has 0 atom stereocenters. The molecular weight excluding hydrogens is 297 g/mol. The molecule has 0 amide bonds. The van der Waals surface area contributed by atoms with Gasteiger partial charge in [0.25, 0.3) is 0 Å². The van der Waals surface area contributed by atoms with Crippen molar-refractivity contribution >= 4 is 43.1 Å². The minimum Gasteiger partial charge on any atom is -0.288 e. The average Bonchev–Trinajstić information content (AvgIpc) is 2.43. The van der Waals surface area contributed by atoms with Crippen LogP contribution >= 0.6 is 22.9 Å². The van der Waals surface area contributed by atoms with Crippen molar-refractivity contribution in [2.75, 3.05) is 0 Å². The predicted octanol–water partition coefficient (Wildman–Crippen LogP) is 4.49. The van der Waals surface area contributed by atoms with Crippen LogP contribution in [0.2, 0.25) is 5.02 Å². The number of fused-ring (bicyclic) bond motifs is 2. The van der Waals surface area contributed by atoms with Gasteiger partial charge >= 0.3 is 0 Å². The fourth-order valence-corrected chi connectivity index (χ4v) is 3.18. The third-order valence-corrected chi connectivity index (χ3v) is 4.29. The van der Waals surface area contributed by atoms with E-state index in [4.69, 9.17) is 11.6 Å². The van der Waals surface area contributed by atoms with Crippen LogP contribution in [0.4, 0.5) is 13.2 Å². The van der Waals surface area contributed by atoms with Gasteiger partial charge in [-0.15, -0.1) is 11.3 Å². The van der Waals surface area contributed by atoms with Crippen molar-refractivity contribution in [1.82, 2.24) is 0 Å². The summed E-state index contributed by atoms with van der Waals surface area (Å²) in [5.41, 5.74) is -0.692. The molecular formula is C13H4ClF3OS. The van der Waals surface area contributed by atoms with E-state index < -0.39 is 33.3 Å². The molecule has 0 spiro atoms. The van der Waals surface area contributed by atoms with Crippen LogP contribution in [-0.4, -0.2) is 0 Å². The molecule has 19 heavy (non-hydrogen) atoms. The van der Waals surface area contributed by atoms with Gasteiger partial charge in [-0.05, 0) is 12.1 Å². The van der Waals surface area contributed by atoms with E-state index >= 15 is 0 Å². The molecule has 0 radical (unpaired) electrons. The molecule has 1 heterocycles. The van der Waals surface area contributed by atoms with Gasteiger partial charge in [0.2, 0.25) is 0 Å². The summed E-state index contributed by atoms with van der Waals surface area (Å²) < 4.78 is 41.2. The van der Waals surface area contributed by atoms with Crippen molar-refractivity contribution in [2.45, 2.75) is 0 Å². The highest BCUT2D eigenvalue weighted by Gasteiger charge is 2.22. The average molecular weight is 301 g/mol. The van der Waals surface area contributed by atoms with Crippen LogP contribution < -0.4 is 5.43 Å². The summed E-state index contributed by atoms with van der Waals surface area (Å²) in [5, 5.41) is -1.25. The molecule has 0 saturated heterocycles. The van der Waals surface area contributed by atoms with Gasteiger partial charge in [0, 0.05) is 10.1 Å². The van der Waals surface area contributed by atoms with Crippen molar-refractivity contribution in [1.29, 1.82) is 0 Å².